The predicted octanol–water partition coefficient (Wildman–Crippen LogP) is 2.38. The number of anilines is 3. The topological polar surface area (TPSA) is 88.2 Å². The number of carbonyl (C=O) groups is 1. The van der Waals surface area contributed by atoms with Crippen molar-refractivity contribution in [2.45, 2.75) is 0 Å². The van der Waals surface area contributed by atoms with E-state index in [2.05, 4.69) is 10.3 Å². The summed E-state index contributed by atoms with van der Waals surface area (Å²) in [5, 5.41) is 11.5. The first-order valence-corrected chi connectivity index (χ1v) is 5.18. The summed E-state index contributed by atoms with van der Waals surface area (Å²) in [4.78, 5) is 14.7. The largest absolute Gasteiger partial charge is 0.478 e. The zero-order valence-corrected chi connectivity index (χ0v) is 9.52. The van der Waals surface area contributed by atoms with Crippen LogP contribution < -0.4 is 11.1 Å². The lowest BCUT2D eigenvalue weighted by atomic mass is 10.2. The SMILES string of the molecule is Nc1c(C(=O)O)ccnc1Nc1cc(F)cc(F)c1. The maximum atomic E-state index is 13.0. The molecule has 0 atom stereocenters. The fourth-order valence-electron chi connectivity index (χ4n) is 1.52. The number of pyridine rings is 1. The van der Waals surface area contributed by atoms with Crippen LogP contribution in [0.2, 0.25) is 0 Å². The number of nitrogens with two attached hydrogens (primary N) is 1. The van der Waals surface area contributed by atoms with E-state index in [1.54, 1.807) is 0 Å². The van der Waals surface area contributed by atoms with Crippen LogP contribution in [0.3, 0.4) is 0 Å². The van der Waals surface area contributed by atoms with Gasteiger partial charge in [-0.05, 0) is 18.2 Å². The van der Waals surface area contributed by atoms with Crippen LogP contribution in [0.5, 0.6) is 0 Å². The Morgan fingerprint density at radius 2 is 1.89 bits per heavy atom. The molecule has 0 amide bonds. The van der Waals surface area contributed by atoms with E-state index in [0.29, 0.717) is 0 Å². The molecule has 0 unspecified atom stereocenters. The molecule has 0 radical (unpaired) electrons. The average Bonchev–Trinajstić information content (AvgIpc) is 2.30. The van der Waals surface area contributed by atoms with Gasteiger partial charge in [0.25, 0.3) is 0 Å². The van der Waals surface area contributed by atoms with Crippen LogP contribution in [0.4, 0.5) is 26.0 Å². The molecule has 1 aromatic carbocycles. The van der Waals surface area contributed by atoms with Crippen LogP contribution in [-0.2, 0) is 0 Å². The van der Waals surface area contributed by atoms with E-state index in [1.807, 2.05) is 0 Å². The number of nitrogens with zero attached hydrogens (tertiary/aromatic N) is 1. The van der Waals surface area contributed by atoms with Crippen molar-refractivity contribution in [2.24, 2.45) is 0 Å². The highest BCUT2D eigenvalue weighted by Gasteiger charge is 2.12. The highest BCUT2D eigenvalue weighted by Crippen LogP contribution is 2.24. The third-order valence-electron chi connectivity index (χ3n) is 2.35. The molecule has 0 aliphatic rings. The van der Waals surface area contributed by atoms with E-state index in [1.165, 1.54) is 12.3 Å². The number of carboxylic acid groups (broad SMARTS) is 1. The molecule has 0 bridgehead atoms. The molecular weight excluding hydrogens is 256 g/mol. The minimum absolute atomic E-state index is 0.0184. The van der Waals surface area contributed by atoms with Gasteiger partial charge in [0.05, 0.1) is 11.3 Å². The summed E-state index contributed by atoms with van der Waals surface area (Å²) < 4.78 is 26.0. The highest BCUT2D eigenvalue weighted by molar-refractivity contribution is 5.96. The summed E-state index contributed by atoms with van der Waals surface area (Å²) in [6.07, 6.45) is 1.23. The van der Waals surface area contributed by atoms with Crippen LogP contribution in [0, 0.1) is 11.6 Å². The predicted molar refractivity (Wildman–Crippen MR) is 65.2 cm³/mol. The summed E-state index contributed by atoms with van der Waals surface area (Å²) in [6, 6.07) is 4.03. The smallest absolute Gasteiger partial charge is 0.337 e. The lowest BCUT2D eigenvalue weighted by Crippen LogP contribution is -2.07. The Kier molecular flexibility index (Phi) is 3.28. The van der Waals surface area contributed by atoms with E-state index < -0.39 is 17.6 Å². The number of aromatic nitrogens is 1. The van der Waals surface area contributed by atoms with Gasteiger partial charge < -0.3 is 16.2 Å². The maximum absolute atomic E-state index is 13.0. The highest BCUT2D eigenvalue weighted by atomic mass is 19.1. The standard InChI is InChI=1S/C12H9F2N3O2/c13-6-3-7(14)5-8(4-6)17-11-10(15)9(12(18)19)1-2-16-11/h1-5H,15H2,(H,16,17)(H,18,19). The lowest BCUT2D eigenvalue weighted by Gasteiger charge is -2.10. The molecule has 98 valence electrons. The van der Waals surface area contributed by atoms with E-state index in [0.717, 1.165) is 18.2 Å². The van der Waals surface area contributed by atoms with Gasteiger partial charge in [-0.25, -0.2) is 18.6 Å². The fraction of sp³-hybridized carbons (Fsp3) is 0. The molecule has 2 aromatic rings. The van der Waals surface area contributed by atoms with Gasteiger partial charge in [0.15, 0.2) is 5.82 Å². The summed E-state index contributed by atoms with van der Waals surface area (Å²) in [6.45, 7) is 0. The average molecular weight is 265 g/mol. The fourth-order valence-corrected chi connectivity index (χ4v) is 1.52. The Hall–Kier alpha value is -2.70. The molecule has 0 aliphatic carbocycles. The third kappa shape index (κ3) is 2.76. The molecule has 0 saturated heterocycles. The Morgan fingerprint density at radius 1 is 1.26 bits per heavy atom. The molecule has 0 spiro atoms. The van der Waals surface area contributed by atoms with Crippen molar-refractivity contribution < 1.29 is 18.7 Å². The number of carboxylic acids is 1. The second-order valence-corrected chi connectivity index (χ2v) is 3.71. The molecule has 2 rings (SSSR count). The molecular formula is C12H9F2N3O2. The van der Waals surface area contributed by atoms with E-state index in [4.69, 9.17) is 10.8 Å². The molecule has 19 heavy (non-hydrogen) atoms. The van der Waals surface area contributed by atoms with Gasteiger partial charge >= 0.3 is 5.97 Å². The van der Waals surface area contributed by atoms with Crippen molar-refractivity contribution in [2.75, 3.05) is 11.1 Å². The quantitative estimate of drug-likeness (QED) is 0.793. The van der Waals surface area contributed by atoms with Crippen LogP contribution in [-0.4, -0.2) is 16.1 Å². The molecule has 7 heteroatoms. The van der Waals surface area contributed by atoms with Gasteiger partial charge in [0.1, 0.15) is 11.6 Å². The van der Waals surface area contributed by atoms with Gasteiger partial charge in [0, 0.05) is 18.0 Å². The van der Waals surface area contributed by atoms with Crippen molar-refractivity contribution in [1.29, 1.82) is 0 Å². The number of hydrogen-bond donors (Lipinski definition) is 3. The van der Waals surface area contributed by atoms with E-state index in [-0.39, 0.29) is 22.8 Å². The number of benzene rings is 1. The van der Waals surface area contributed by atoms with Crippen molar-refractivity contribution in [3.05, 3.63) is 47.7 Å². The second kappa shape index (κ2) is 4.89. The van der Waals surface area contributed by atoms with Gasteiger partial charge in [-0.3, -0.25) is 0 Å². The Labute approximate surface area is 106 Å². The van der Waals surface area contributed by atoms with Crippen molar-refractivity contribution in [3.63, 3.8) is 0 Å². The summed E-state index contributed by atoms with van der Waals surface area (Å²) >= 11 is 0. The van der Waals surface area contributed by atoms with E-state index in [9.17, 15) is 13.6 Å². The zero-order valence-electron chi connectivity index (χ0n) is 9.52. The second-order valence-electron chi connectivity index (χ2n) is 3.71. The normalized spacial score (nSPS) is 10.2. The first-order valence-electron chi connectivity index (χ1n) is 5.18. The molecule has 0 fully saturated rings. The number of hydrogen-bond acceptors (Lipinski definition) is 4. The van der Waals surface area contributed by atoms with E-state index >= 15 is 0 Å². The van der Waals surface area contributed by atoms with Crippen molar-refractivity contribution in [1.82, 2.24) is 4.98 Å². The Bertz CT molecular complexity index is 627. The Morgan fingerprint density at radius 3 is 2.47 bits per heavy atom. The third-order valence-corrected chi connectivity index (χ3v) is 2.35. The van der Waals surface area contributed by atoms with Gasteiger partial charge in [-0.1, -0.05) is 0 Å². The monoisotopic (exact) mass is 265 g/mol. The minimum atomic E-state index is -1.21. The Balaban J connectivity index is 2.38. The first kappa shape index (κ1) is 12.7. The van der Waals surface area contributed by atoms with Crippen LogP contribution >= 0.6 is 0 Å². The molecule has 1 heterocycles. The minimum Gasteiger partial charge on any atom is -0.478 e. The van der Waals surface area contributed by atoms with Crippen molar-refractivity contribution >= 4 is 23.2 Å². The molecule has 0 aliphatic heterocycles. The van der Waals surface area contributed by atoms with Crippen LogP contribution in [0.15, 0.2) is 30.5 Å². The number of halogens is 2. The molecule has 0 saturated carbocycles. The molecule has 4 N–H and O–H groups in total. The number of aromatic carboxylic acids is 1. The van der Waals surface area contributed by atoms with Gasteiger partial charge in [-0.15, -0.1) is 0 Å². The number of rotatable bonds is 3. The van der Waals surface area contributed by atoms with Gasteiger partial charge in [0.2, 0.25) is 0 Å². The zero-order chi connectivity index (χ0) is 14.0. The molecule has 1 aromatic heterocycles. The maximum Gasteiger partial charge on any atom is 0.337 e. The van der Waals surface area contributed by atoms with Gasteiger partial charge in [-0.2, -0.15) is 0 Å². The van der Waals surface area contributed by atoms with Crippen LogP contribution in [0.1, 0.15) is 10.4 Å². The summed E-state index contributed by atoms with van der Waals surface area (Å²) in [5.74, 6) is -2.73. The summed E-state index contributed by atoms with van der Waals surface area (Å²) in [7, 11) is 0. The number of nitrogen functional groups attached to an aromatic ring is 1. The molecule has 5 nitrogen and oxygen atoms in total. The lowest BCUT2D eigenvalue weighted by molar-refractivity contribution is 0.0698. The van der Waals surface area contributed by atoms with Crippen molar-refractivity contribution in [3.8, 4) is 0 Å². The summed E-state index contributed by atoms with van der Waals surface area (Å²) in [5.41, 5.74) is 5.44. The van der Waals surface area contributed by atoms with Crippen LogP contribution in [0.25, 0.3) is 0 Å². The first-order chi connectivity index (χ1) is 8.97. The number of nitrogens with one attached hydrogen (secondary N) is 1.